The lowest BCUT2D eigenvalue weighted by Gasteiger charge is -2.25. The van der Waals surface area contributed by atoms with Gasteiger partial charge in [0.15, 0.2) is 5.76 Å². The lowest BCUT2D eigenvalue weighted by atomic mass is 10.1. The number of ether oxygens (including phenoxy) is 1. The average molecular weight is 273 g/mol. The Hall–Kier alpha value is -1.85. The highest BCUT2D eigenvalue weighted by Gasteiger charge is 2.13. The molecule has 1 saturated heterocycles. The number of nitrogens with one attached hydrogen (secondary N) is 1. The fourth-order valence-electron chi connectivity index (χ4n) is 2.38. The van der Waals surface area contributed by atoms with E-state index in [2.05, 4.69) is 15.4 Å². The fraction of sp³-hybridized carbons (Fsp3) is 0.400. The van der Waals surface area contributed by atoms with E-state index in [9.17, 15) is 0 Å². The van der Waals surface area contributed by atoms with Gasteiger partial charge in [0.25, 0.3) is 0 Å². The van der Waals surface area contributed by atoms with Crippen LogP contribution in [-0.4, -0.2) is 43.3 Å². The Morgan fingerprint density at radius 3 is 2.70 bits per heavy atom. The standard InChI is InChI=1S/C15H19N3O2/c1-19-14-4-2-12(3-5-14)15-10-13(17-20-15)11-18-8-6-16-7-9-18/h2-5,10,16H,6-9,11H2,1H3. The number of hydrogen-bond acceptors (Lipinski definition) is 5. The second kappa shape index (κ2) is 6.07. The van der Waals surface area contributed by atoms with Gasteiger partial charge < -0.3 is 14.6 Å². The maximum absolute atomic E-state index is 5.43. The molecule has 1 aliphatic heterocycles. The van der Waals surface area contributed by atoms with E-state index in [4.69, 9.17) is 9.26 Å². The molecule has 0 radical (unpaired) electrons. The lowest BCUT2D eigenvalue weighted by Crippen LogP contribution is -2.42. The maximum atomic E-state index is 5.43. The molecule has 0 atom stereocenters. The summed E-state index contributed by atoms with van der Waals surface area (Å²) in [5, 5.41) is 7.51. The highest BCUT2D eigenvalue weighted by Crippen LogP contribution is 2.23. The van der Waals surface area contributed by atoms with Crippen molar-refractivity contribution >= 4 is 0 Å². The molecule has 20 heavy (non-hydrogen) atoms. The van der Waals surface area contributed by atoms with E-state index in [0.717, 1.165) is 55.5 Å². The molecule has 1 aromatic heterocycles. The van der Waals surface area contributed by atoms with Crippen molar-refractivity contribution in [2.75, 3.05) is 33.3 Å². The SMILES string of the molecule is COc1ccc(-c2cc(CN3CCNCC3)no2)cc1. The van der Waals surface area contributed by atoms with Crippen molar-refractivity contribution in [3.8, 4) is 17.1 Å². The molecule has 0 bridgehead atoms. The summed E-state index contributed by atoms with van der Waals surface area (Å²) in [4.78, 5) is 2.38. The molecule has 0 aliphatic carbocycles. The molecule has 5 heteroatoms. The first-order valence-electron chi connectivity index (χ1n) is 6.88. The molecule has 3 rings (SSSR count). The van der Waals surface area contributed by atoms with Crippen LogP contribution in [0.4, 0.5) is 0 Å². The van der Waals surface area contributed by atoms with E-state index < -0.39 is 0 Å². The van der Waals surface area contributed by atoms with Gasteiger partial charge in [0.2, 0.25) is 0 Å². The molecule has 0 spiro atoms. The van der Waals surface area contributed by atoms with Crippen molar-refractivity contribution in [1.82, 2.24) is 15.4 Å². The molecule has 1 fully saturated rings. The minimum Gasteiger partial charge on any atom is -0.497 e. The molecular weight excluding hydrogens is 254 g/mol. The van der Waals surface area contributed by atoms with Gasteiger partial charge in [-0.25, -0.2) is 0 Å². The molecule has 0 amide bonds. The maximum Gasteiger partial charge on any atom is 0.167 e. The smallest absolute Gasteiger partial charge is 0.167 e. The van der Waals surface area contributed by atoms with Crippen LogP contribution in [0.1, 0.15) is 5.69 Å². The van der Waals surface area contributed by atoms with Crippen LogP contribution in [0.15, 0.2) is 34.9 Å². The van der Waals surface area contributed by atoms with Gasteiger partial charge in [-0.3, -0.25) is 4.90 Å². The third-order valence-electron chi connectivity index (χ3n) is 3.53. The van der Waals surface area contributed by atoms with Crippen LogP contribution in [0.2, 0.25) is 0 Å². The topological polar surface area (TPSA) is 50.5 Å². The predicted octanol–water partition coefficient (Wildman–Crippen LogP) is 1.76. The first-order chi connectivity index (χ1) is 9.85. The Balaban J connectivity index is 1.68. The Morgan fingerprint density at radius 2 is 2.00 bits per heavy atom. The molecule has 1 aromatic carbocycles. The minimum atomic E-state index is 0.804. The van der Waals surface area contributed by atoms with Gasteiger partial charge in [-0.15, -0.1) is 0 Å². The van der Waals surface area contributed by atoms with Crippen LogP contribution in [0.3, 0.4) is 0 Å². The predicted molar refractivity (Wildman–Crippen MR) is 76.6 cm³/mol. The van der Waals surface area contributed by atoms with E-state index >= 15 is 0 Å². The summed E-state index contributed by atoms with van der Waals surface area (Å²) in [6, 6.07) is 9.83. The summed E-state index contributed by atoms with van der Waals surface area (Å²) in [5.41, 5.74) is 2.00. The quantitative estimate of drug-likeness (QED) is 0.920. The normalized spacial score (nSPS) is 16.2. The first-order valence-corrected chi connectivity index (χ1v) is 6.88. The lowest BCUT2D eigenvalue weighted by molar-refractivity contribution is 0.227. The summed E-state index contributed by atoms with van der Waals surface area (Å²) in [6.45, 7) is 5.06. The number of hydrogen-bond donors (Lipinski definition) is 1. The number of aromatic nitrogens is 1. The van der Waals surface area contributed by atoms with Gasteiger partial charge in [0, 0.05) is 44.4 Å². The molecule has 2 aromatic rings. The molecule has 1 N–H and O–H groups in total. The van der Waals surface area contributed by atoms with Gasteiger partial charge in [0.05, 0.1) is 12.8 Å². The second-order valence-electron chi connectivity index (χ2n) is 4.94. The highest BCUT2D eigenvalue weighted by molar-refractivity contribution is 5.58. The molecule has 106 valence electrons. The summed E-state index contributed by atoms with van der Waals surface area (Å²) < 4.78 is 10.6. The van der Waals surface area contributed by atoms with Gasteiger partial charge in [-0.05, 0) is 24.3 Å². The summed E-state index contributed by atoms with van der Waals surface area (Å²) in [5.74, 6) is 1.65. The van der Waals surface area contributed by atoms with Crippen molar-refractivity contribution < 1.29 is 9.26 Å². The number of rotatable bonds is 4. The molecular formula is C15H19N3O2. The number of piperazine rings is 1. The van der Waals surface area contributed by atoms with Crippen molar-refractivity contribution in [1.29, 1.82) is 0 Å². The third kappa shape index (κ3) is 3.00. The number of nitrogens with zero attached hydrogens (tertiary/aromatic N) is 2. The van der Waals surface area contributed by atoms with E-state index in [1.807, 2.05) is 30.3 Å². The third-order valence-corrected chi connectivity index (χ3v) is 3.53. The van der Waals surface area contributed by atoms with Crippen LogP contribution in [0, 0.1) is 0 Å². The van der Waals surface area contributed by atoms with Gasteiger partial charge in [-0.1, -0.05) is 5.16 Å². The average Bonchev–Trinajstić information content (AvgIpc) is 2.97. The minimum absolute atomic E-state index is 0.804. The molecule has 2 heterocycles. The number of benzene rings is 1. The van der Waals surface area contributed by atoms with Crippen molar-refractivity contribution in [3.05, 3.63) is 36.0 Å². The Labute approximate surface area is 118 Å². The molecule has 0 unspecified atom stereocenters. The van der Waals surface area contributed by atoms with Crippen LogP contribution >= 0.6 is 0 Å². The Morgan fingerprint density at radius 1 is 1.25 bits per heavy atom. The van der Waals surface area contributed by atoms with Crippen LogP contribution in [0.5, 0.6) is 5.75 Å². The summed E-state index contributed by atoms with van der Waals surface area (Å²) >= 11 is 0. The highest BCUT2D eigenvalue weighted by atomic mass is 16.5. The molecule has 5 nitrogen and oxygen atoms in total. The van der Waals surface area contributed by atoms with Crippen molar-refractivity contribution in [3.63, 3.8) is 0 Å². The van der Waals surface area contributed by atoms with E-state index in [1.165, 1.54) is 0 Å². The largest absolute Gasteiger partial charge is 0.497 e. The van der Waals surface area contributed by atoms with E-state index in [0.29, 0.717) is 0 Å². The van der Waals surface area contributed by atoms with Crippen LogP contribution in [0.25, 0.3) is 11.3 Å². The van der Waals surface area contributed by atoms with Gasteiger partial charge >= 0.3 is 0 Å². The second-order valence-corrected chi connectivity index (χ2v) is 4.94. The first kappa shape index (κ1) is 13.1. The van der Waals surface area contributed by atoms with Gasteiger partial charge in [0.1, 0.15) is 5.75 Å². The Kier molecular flexibility index (Phi) is 3.99. The summed E-state index contributed by atoms with van der Waals surface area (Å²) in [7, 11) is 1.66. The van der Waals surface area contributed by atoms with Gasteiger partial charge in [-0.2, -0.15) is 0 Å². The van der Waals surface area contributed by atoms with Crippen LogP contribution < -0.4 is 10.1 Å². The van der Waals surface area contributed by atoms with Crippen molar-refractivity contribution in [2.45, 2.75) is 6.54 Å². The zero-order chi connectivity index (χ0) is 13.8. The fourth-order valence-corrected chi connectivity index (χ4v) is 2.38. The van der Waals surface area contributed by atoms with Crippen LogP contribution in [-0.2, 0) is 6.54 Å². The zero-order valence-electron chi connectivity index (χ0n) is 11.6. The monoisotopic (exact) mass is 273 g/mol. The number of methoxy groups -OCH3 is 1. The molecule has 1 aliphatic rings. The molecule has 0 saturated carbocycles. The Bertz CT molecular complexity index is 545. The summed E-state index contributed by atoms with van der Waals surface area (Å²) in [6.07, 6.45) is 0. The van der Waals surface area contributed by atoms with E-state index in [-0.39, 0.29) is 0 Å². The van der Waals surface area contributed by atoms with Crippen molar-refractivity contribution in [2.24, 2.45) is 0 Å². The zero-order valence-corrected chi connectivity index (χ0v) is 11.6. The van der Waals surface area contributed by atoms with E-state index in [1.54, 1.807) is 7.11 Å².